The molecule has 0 atom stereocenters. The molecule has 0 bridgehead atoms. The maximum atomic E-state index is 6.89. The monoisotopic (exact) mass is 709 g/mol. The molecule has 0 amide bonds. The second kappa shape index (κ2) is 12.6. The van der Waals surface area contributed by atoms with E-state index in [0.29, 0.717) is 0 Å². The number of nitrogens with zero attached hydrogens (tertiary/aromatic N) is 1. The largest absolute Gasteiger partial charge is 0.455 e. The van der Waals surface area contributed by atoms with Gasteiger partial charge < -0.3 is 9.32 Å². The standard InChI is InChI=1S/C53H43NO/c1-5-6-24-41-35(2)52(3,4)48-34-40(27-29-42(41)48)54(38-22-14-9-15-23-38)39-28-31-46-45(33-39)50-47(32-30-44-43-25-16-17-26-49(43)55-51(44)50)53(46,36-18-10-7-11-19-36)37-20-12-8-13-21-37/h5-14,16-22,24-34H,1,15,23H2,2-4H3/b24-6-. The molecule has 0 saturated carbocycles. The van der Waals surface area contributed by atoms with Crippen molar-refractivity contribution in [2.24, 2.45) is 0 Å². The molecule has 3 aliphatic carbocycles. The van der Waals surface area contributed by atoms with Crippen LogP contribution in [0.4, 0.5) is 11.4 Å². The van der Waals surface area contributed by atoms with Gasteiger partial charge in [-0.05, 0) is 101 Å². The van der Waals surface area contributed by atoms with Crippen molar-refractivity contribution >= 4 is 38.9 Å². The van der Waals surface area contributed by atoms with Crippen LogP contribution in [0, 0.1) is 0 Å². The van der Waals surface area contributed by atoms with E-state index in [1.807, 2.05) is 6.08 Å². The molecule has 266 valence electrons. The SMILES string of the molecule is C=C/C=C\C1=C(C)C(C)(C)c2cc(N(C3=CC=CCC3)c3ccc4c(c3)-c3c(ccc5c3oc3ccccc35)C4(c3ccccc3)c3ccccc3)ccc21. The number of hydrogen-bond acceptors (Lipinski definition) is 2. The number of allylic oxidation sites excluding steroid dienone is 9. The molecule has 0 N–H and O–H groups in total. The lowest BCUT2D eigenvalue weighted by atomic mass is 9.67. The van der Waals surface area contributed by atoms with Gasteiger partial charge in [0, 0.05) is 38.8 Å². The number of furan rings is 1. The molecule has 0 unspecified atom stereocenters. The Morgan fingerprint density at radius 1 is 0.691 bits per heavy atom. The Bertz CT molecular complexity index is 2770. The first-order valence-electron chi connectivity index (χ1n) is 19.4. The van der Waals surface area contributed by atoms with E-state index in [2.05, 4.69) is 196 Å². The molecule has 3 aliphatic rings. The summed E-state index contributed by atoms with van der Waals surface area (Å²) in [5, 5.41) is 2.28. The fraction of sp³-hybridized carbons (Fsp3) is 0.132. The average Bonchev–Trinajstić information content (AvgIpc) is 3.82. The van der Waals surface area contributed by atoms with Gasteiger partial charge in [-0.1, -0.05) is 160 Å². The molecule has 1 heterocycles. The highest BCUT2D eigenvalue weighted by molar-refractivity contribution is 6.12. The van der Waals surface area contributed by atoms with Gasteiger partial charge in [-0.15, -0.1) is 0 Å². The fourth-order valence-corrected chi connectivity index (χ4v) is 9.68. The molecule has 7 aromatic rings. The van der Waals surface area contributed by atoms with Crippen LogP contribution in [0.25, 0.3) is 38.6 Å². The zero-order valence-electron chi connectivity index (χ0n) is 31.6. The van der Waals surface area contributed by atoms with Crippen LogP contribution in [0.2, 0.25) is 0 Å². The molecule has 1 aromatic heterocycles. The van der Waals surface area contributed by atoms with E-state index in [4.69, 9.17) is 4.42 Å². The van der Waals surface area contributed by atoms with Gasteiger partial charge in [-0.3, -0.25) is 0 Å². The molecule has 55 heavy (non-hydrogen) atoms. The second-order valence-electron chi connectivity index (χ2n) is 15.6. The number of rotatable bonds is 7. The molecular formula is C53H43NO. The number of anilines is 2. The highest BCUT2D eigenvalue weighted by Crippen LogP contribution is 2.59. The van der Waals surface area contributed by atoms with E-state index >= 15 is 0 Å². The molecule has 0 aliphatic heterocycles. The number of benzene rings is 6. The Labute approximate surface area is 323 Å². The summed E-state index contributed by atoms with van der Waals surface area (Å²) >= 11 is 0. The van der Waals surface area contributed by atoms with E-state index in [1.54, 1.807) is 0 Å². The summed E-state index contributed by atoms with van der Waals surface area (Å²) in [5.74, 6) is 0. The summed E-state index contributed by atoms with van der Waals surface area (Å²) in [7, 11) is 0. The van der Waals surface area contributed by atoms with Crippen LogP contribution in [-0.4, -0.2) is 0 Å². The van der Waals surface area contributed by atoms with Crippen molar-refractivity contribution in [2.75, 3.05) is 4.90 Å². The Hall–Kier alpha value is -6.38. The summed E-state index contributed by atoms with van der Waals surface area (Å²) in [6.07, 6.45) is 14.9. The van der Waals surface area contributed by atoms with E-state index < -0.39 is 5.41 Å². The minimum atomic E-state index is -0.535. The molecule has 10 rings (SSSR count). The van der Waals surface area contributed by atoms with Crippen LogP contribution in [0.5, 0.6) is 0 Å². The van der Waals surface area contributed by atoms with Gasteiger partial charge in [0.15, 0.2) is 0 Å². The van der Waals surface area contributed by atoms with Gasteiger partial charge in [-0.25, -0.2) is 0 Å². The van der Waals surface area contributed by atoms with Crippen molar-refractivity contribution in [1.82, 2.24) is 0 Å². The molecule has 0 fully saturated rings. The van der Waals surface area contributed by atoms with Gasteiger partial charge in [0.2, 0.25) is 0 Å². The Morgan fingerprint density at radius 2 is 1.38 bits per heavy atom. The predicted octanol–water partition coefficient (Wildman–Crippen LogP) is 14.1. The summed E-state index contributed by atoms with van der Waals surface area (Å²) in [5.41, 5.74) is 17.5. The van der Waals surface area contributed by atoms with Crippen molar-refractivity contribution in [3.8, 4) is 11.1 Å². The minimum absolute atomic E-state index is 0.104. The normalized spacial score (nSPS) is 16.4. The van der Waals surface area contributed by atoms with Crippen LogP contribution in [0.3, 0.4) is 0 Å². The summed E-state index contributed by atoms with van der Waals surface area (Å²) in [4.78, 5) is 2.50. The quantitative estimate of drug-likeness (QED) is 0.153. The predicted molar refractivity (Wildman–Crippen MR) is 231 cm³/mol. The Balaban J connectivity index is 1.25. The van der Waals surface area contributed by atoms with Gasteiger partial charge in [0.05, 0.1) is 5.41 Å². The van der Waals surface area contributed by atoms with Crippen molar-refractivity contribution < 1.29 is 4.42 Å². The third-order valence-electron chi connectivity index (χ3n) is 12.5. The van der Waals surface area contributed by atoms with Crippen molar-refractivity contribution in [3.63, 3.8) is 0 Å². The molecule has 2 nitrogen and oxygen atoms in total. The van der Waals surface area contributed by atoms with Crippen LogP contribution in [0.15, 0.2) is 192 Å². The zero-order valence-corrected chi connectivity index (χ0v) is 31.6. The maximum absolute atomic E-state index is 6.89. The lowest BCUT2D eigenvalue weighted by Crippen LogP contribution is -2.28. The Kier molecular flexibility index (Phi) is 7.61. The minimum Gasteiger partial charge on any atom is -0.455 e. The fourth-order valence-electron chi connectivity index (χ4n) is 9.68. The van der Waals surface area contributed by atoms with Crippen LogP contribution < -0.4 is 4.90 Å². The van der Waals surface area contributed by atoms with Gasteiger partial charge in [0.25, 0.3) is 0 Å². The molecule has 0 spiro atoms. The van der Waals surface area contributed by atoms with E-state index in [0.717, 1.165) is 40.5 Å². The van der Waals surface area contributed by atoms with Crippen molar-refractivity contribution in [3.05, 3.63) is 221 Å². The Morgan fingerprint density at radius 3 is 2.11 bits per heavy atom. The second-order valence-corrected chi connectivity index (χ2v) is 15.6. The van der Waals surface area contributed by atoms with E-state index in [1.165, 1.54) is 67.0 Å². The first-order valence-corrected chi connectivity index (χ1v) is 19.4. The highest BCUT2D eigenvalue weighted by atomic mass is 16.3. The lowest BCUT2D eigenvalue weighted by molar-refractivity contribution is 0.639. The first kappa shape index (κ1) is 33.2. The summed E-state index contributed by atoms with van der Waals surface area (Å²) in [6.45, 7) is 10.9. The summed E-state index contributed by atoms with van der Waals surface area (Å²) in [6, 6.07) is 49.4. The van der Waals surface area contributed by atoms with Gasteiger partial charge in [-0.2, -0.15) is 0 Å². The van der Waals surface area contributed by atoms with Gasteiger partial charge >= 0.3 is 0 Å². The van der Waals surface area contributed by atoms with Crippen LogP contribution in [0.1, 0.15) is 67.0 Å². The third-order valence-corrected chi connectivity index (χ3v) is 12.5. The number of para-hydroxylation sites is 1. The first-order chi connectivity index (χ1) is 26.9. The van der Waals surface area contributed by atoms with E-state index in [-0.39, 0.29) is 5.41 Å². The lowest BCUT2D eigenvalue weighted by Gasteiger charge is -2.34. The molecule has 6 aromatic carbocycles. The summed E-state index contributed by atoms with van der Waals surface area (Å²) < 4.78 is 6.89. The zero-order chi connectivity index (χ0) is 37.3. The van der Waals surface area contributed by atoms with Crippen molar-refractivity contribution in [1.29, 1.82) is 0 Å². The smallest absolute Gasteiger partial charge is 0.143 e. The molecule has 0 radical (unpaired) electrons. The van der Waals surface area contributed by atoms with Crippen LogP contribution >= 0.6 is 0 Å². The highest BCUT2D eigenvalue weighted by Gasteiger charge is 2.48. The molecule has 2 heteroatoms. The number of hydrogen-bond donors (Lipinski definition) is 0. The topological polar surface area (TPSA) is 16.4 Å². The maximum Gasteiger partial charge on any atom is 0.143 e. The van der Waals surface area contributed by atoms with Crippen LogP contribution in [-0.2, 0) is 10.8 Å². The average molecular weight is 710 g/mol. The van der Waals surface area contributed by atoms with E-state index in [9.17, 15) is 0 Å². The molecular weight excluding hydrogens is 667 g/mol. The van der Waals surface area contributed by atoms with Gasteiger partial charge in [0.1, 0.15) is 11.2 Å². The third kappa shape index (κ3) is 4.80. The van der Waals surface area contributed by atoms with Crippen molar-refractivity contribution in [2.45, 2.75) is 44.4 Å². The number of fused-ring (bicyclic) bond motifs is 8. The molecule has 0 saturated heterocycles.